The standard InChI is InChI=1S/C27H19F2N3O2/c1-16-2-12-22(34-16)15-30-27(33)19-7-13-23-24(14-19)32-26(18-5-10-21(29)11-6-18)25(31-23)17-3-8-20(28)9-4-17/h2-14H,15H2,1H3,(H,30,33). The highest BCUT2D eigenvalue weighted by atomic mass is 19.1. The molecule has 5 nitrogen and oxygen atoms in total. The number of nitrogens with one attached hydrogen (secondary N) is 1. The first-order valence-electron chi connectivity index (χ1n) is 10.6. The van der Waals surface area contributed by atoms with Gasteiger partial charge in [-0.1, -0.05) is 0 Å². The highest BCUT2D eigenvalue weighted by molar-refractivity contribution is 5.98. The summed E-state index contributed by atoms with van der Waals surface area (Å²) in [4.78, 5) is 22.2. The number of amides is 1. The Bertz CT molecular complexity index is 1490. The van der Waals surface area contributed by atoms with Crippen molar-refractivity contribution >= 4 is 16.9 Å². The van der Waals surface area contributed by atoms with Crippen LogP contribution in [0.4, 0.5) is 8.78 Å². The largest absolute Gasteiger partial charge is 0.465 e. The Hall–Kier alpha value is -4.39. The Morgan fingerprint density at radius 2 is 1.38 bits per heavy atom. The molecule has 5 rings (SSSR count). The average Bonchev–Trinajstić information content (AvgIpc) is 3.27. The van der Waals surface area contributed by atoms with E-state index in [-0.39, 0.29) is 24.1 Å². The maximum Gasteiger partial charge on any atom is 0.251 e. The number of halogens is 2. The summed E-state index contributed by atoms with van der Waals surface area (Å²) in [5.74, 6) is 0.431. The third kappa shape index (κ3) is 4.41. The molecule has 0 aliphatic heterocycles. The van der Waals surface area contributed by atoms with Crippen molar-refractivity contribution in [3.05, 3.63) is 108 Å². The summed E-state index contributed by atoms with van der Waals surface area (Å²) in [6, 6.07) is 20.6. The Balaban J connectivity index is 1.55. The van der Waals surface area contributed by atoms with Gasteiger partial charge in [0.25, 0.3) is 5.91 Å². The van der Waals surface area contributed by atoms with E-state index in [1.807, 2.05) is 19.1 Å². The van der Waals surface area contributed by atoms with Crippen LogP contribution in [0.15, 0.2) is 83.3 Å². The first-order valence-corrected chi connectivity index (χ1v) is 10.6. The van der Waals surface area contributed by atoms with Gasteiger partial charge in [0.05, 0.1) is 29.0 Å². The normalized spacial score (nSPS) is 11.0. The fourth-order valence-electron chi connectivity index (χ4n) is 3.66. The fraction of sp³-hybridized carbons (Fsp3) is 0.0741. The van der Waals surface area contributed by atoms with Gasteiger partial charge in [-0.25, -0.2) is 18.7 Å². The van der Waals surface area contributed by atoms with E-state index in [1.165, 1.54) is 24.3 Å². The highest BCUT2D eigenvalue weighted by Crippen LogP contribution is 2.31. The fourth-order valence-corrected chi connectivity index (χ4v) is 3.66. The van der Waals surface area contributed by atoms with Gasteiger partial charge in [0.15, 0.2) is 0 Å². The van der Waals surface area contributed by atoms with Crippen LogP contribution >= 0.6 is 0 Å². The summed E-state index contributed by atoms with van der Waals surface area (Å²) in [5.41, 5.74) is 3.86. The van der Waals surface area contributed by atoms with Gasteiger partial charge in [-0.3, -0.25) is 4.79 Å². The van der Waals surface area contributed by atoms with Crippen LogP contribution in [-0.2, 0) is 6.54 Å². The molecule has 0 aliphatic rings. The molecule has 0 fully saturated rings. The molecule has 0 atom stereocenters. The number of benzene rings is 3. The molecular weight excluding hydrogens is 436 g/mol. The molecule has 168 valence electrons. The van der Waals surface area contributed by atoms with Crippen molar-refractivity contribution in [1.82, 2.24) is 15.3 Å². The third-order valence-electron chi connectivity index (χ3n) is 5.38. The minimum absolute atomic E-state index is 0.265. The topological polar surface area (TPSA) is 68.0 Å². The van der Waals surface area contributed by atoms with E-state index in [9.17, 15) is 13.6 Å². The molecule has 0 aliphatic carbocycles. The minimum atomic E-state index is -0.369. The van der Waals surface area contributed by atoms with Crippen LogP contribution in [0.25, 0.3) is 33.5 Å². The van der Waals surface area contributed by atoms with Crippen molar-refractivity contribution in [3.8, 4) is 22.5 Å². The number of rotatable bonds is 5. The van der Waals surface area contributed by atoms with Crippen molar-refractivity contribution in [3.63, 3.8) is 0 Å². The van der Waals surface area contributed by atoms with Crippen molar-refractivity contribution in [2.45, 2.75) is 13.5 Å². The van der Waals surface area contributed by atoms with E-state index in [0.29, 0.717) is 44.9 Å². The summed E-state index contributed by atoms with van der Waals surface area (Å²) in [6.07, 6.45) is 0. The maximum atomic E-state index is 13.5. The van der Waals surface area contributed by atoms with E-state index in [0.717, 1.165) is 5.76 Å². The van der Waals surface area contributed by atoms with Gasteiger partial charge < -0.3 is 9.73 Å². The Labute approximate surface area is 194 Å². The lowest BCUT2D eigenvalue weighted by Gasteiger charge is -2.12. The van der Waals surface area contributed by atoms with Crippen LogP contribution in [0.3, 0.4) is 0 Å². The van der Waals surface area contributed by atoms with Crippen LogP contribution in [0, 0.1) is 18.6 Å². The van der Waals surface area contributed by atoms with E-state index in [2.05, 4.69) is 5.32 Å². The van der Waals surface area contributed by atoms with Gasteiger partial charge >= 0.3 is 0 Å². The molecule has 2 heterocycles. The summed E-state index contributed by atoms with van der Waals surface area (Å²) in [6.45, 7) is 2.10. The molecule has 0 unspecified atom stereocenters. The van der Waals surface area contributed by atoms with Crippen molar-refractivity contribution in [2.75, 3.05) is 0 Å². The lowest BCUT2D eigenvalue weighted by atomic mass is 10.0. The Kier molecular flexibility index (Phi) is 5.59. The maximum absolute atomic E-state index is 13.5. The van der Waals surface area contributed by atoms with Crippen molar-refractivity contribution in [1.29, 1.82) is 0 Å². The lowest BCUT2D eigenvalue weighted by Crippen LogP contribution is -2.22. The zero-order chi connectivity index (χ0) is 23.7. The number of furan rings is 1. The van der Waals surface area contributed by atoms with Gasteiger partial charge in [0, 0.05) is 16.7 Å². The number of carbonyl (C=O) groups excluding carboxylic acids is 1. The predicted molar refractivity (Wildman–Crippen MR) is 125 cm³/mol. The Morgan fingerprint density at radius 1 is 0.794 bits per heavy atom. The number of aryl methyl sites for hydroxylation is 1. The van der Waals surface area contributed by atoms with Gasteiger partial charge in [0.1, 0.15) is 23.2 Å². The summed E-state index contributed by atoms with van der Waals surface area (Å²) < 4.78 is 32.5. The number of nitrogens with zero attached hydrogens (tertiary/aromatic N) is 2. The van der Waals surface area contributed by atoms with E-state index in [1.54, 1.807) is 42.5 Å². The van der Waals surface area contributed by atoms with Gasteiger partial charge in [-0.2, -0.15) is 0 Å². The van der Waals surface area contributed by atoms with Gasteiger partial charge in [0.2, 0.25) is 0 Å². The molecule has 1 amide bonds. The van der Waals surface area contributed by atoms with Crippen LogP contribution in [-0.4, -0.2) is 15.9 Å². The minimum Gasteiger partial charge on any atom is -0.465 e. The highest BCUT2D eigenvalue weighted by Gasteiger charge is 2.15. The number of aromatic nitrogens is 2. The summed E-state index contributed by atoms with van der Waals surface area (Å²) in [5, 5.41) is 2.83. The van der Waals surface area contributed by atoms with Gasteiger partial charge in [-0.05, 0) is 85.8 Å². The van der Waals surface area contributed by atoms with E-state index in [4.69, 9.17) is 14.4 Å². The van der Waals surface area contributed by atoms with Gasteiger partial charge in [-0.15, -0.1) is 0 Å². The number of hydrogen-bond acceptors (Lipinski definition) is 4. The number of hydrogen-bond donors (Lipinski definition) is 1. The number of fused-ring (bicyclic) bond motifs is 1. The van der Waals surface area contributed by atoms with E-state index < -0.39 is 0 Å². The molecule has 5 aromatic rings. The zero-order valence-electron chi connectivity index (χ0n) is 18.2. The summed E-state index contributed by atoms with van der Waals surface area (Å²) >= 11 is 0. The second-order valence-electron chi connectivity index (χ2n) is 7.83. The van der Waals surface area contributed by atoms with Crippen molar-refractivity contribution in [2.24, 2.45) is 0 Å². The molecule has 2 aromatic heterocycles. The smallest absolute Gasteiger partial charge is 0.251 e. The first-order chi connectivity index (χ1) is 16.5. The molecule has 1 N–H and O–H groups in total. The lowest BCUT2D eigenvalue weighted by molar-refractivity contribution is 0.0948. The average molecular weight is 455 g/mol. The molecule has 0 spiro atoms. The second kappa shape index (κ2) is 8.86. The molecule has 3 aromatic carbocycles. The molecule has 34 heavy (non-hydrogen) atoms. The Morgan fingerprint density at radius 3 is 1.94 bits per heavy atom. The van der Waals surface area contributed by atoms with Crippen LogP contribution < -0.4 is 5.32 Å². The quantitative estimate of drug-likeness (QED) is 0.349. The molecule has 7 heteroatoms. The van der Waals surface area contributed by atoms with Crippen LogP contribution in [0.1, 0.15) is 21.9 Å². The third-order valence-corrected chi connectivity index (χ3v) is 5.38. The molecule has 0 saturated carbocycles. The monoisotopic (exact) mass is 455 g/mol. The number of carbonyl (C=O) groups is 1. The first kappa shape index (κ1) is 21.5. The zero-order valence-corrected chi connectivity index (χ0v) is 18.2. The molecule has 0 saturated heterocycles. The SMILES string of the molecule is Cc1ccc(CNC(=O)c2ccc3nc(-c4ccc(F)cc4)c(-c4ccc(F)cc4)nc3c2)o1. The van der Waals surface area contributed by atoms with E-state index >= 15 is 0 Å². The van der Waals surface area contributed by atoms with Crippen molar-refractivity contribution < 1.29 is 18.0 Å². The molecular formula is C27H19F2N3O2. The molecule has 0 radical (unpaired) electrons. The molecule has 0 bridgehead atoms. The summed E-state index contributed by atoms with van der Waals surface area (Å²) in [7, 11) is 0. The second-order valence-corrected chi connectivity index (χ2v) is 7.83. The van der Waals surface area contributed by atoms with Crippen LogP contribution in [0.5, 0.6) is 0 Å². The van der Waals surface area contributed by atoms with Crippen LogP contribution in [0.2, 0.25) is 0 Å². The predicted octanol–water partition coefficient (Wildman–Crippen LogP) is 6.07.